The highest BCUT2D eigenvalue weighted by atomic mass is 16.3. The third-order valence-corrected chi connectivity index (χ3v) is 2.82. The van der Waals surface area contributed by atoms with Crippen LogP contribution in [-0.2, 0) is 0 Å². The lowest BCUT2D eigenvalue weighted by molar-refractivity contribution is 0.268. The van der Waals surface area contributed by atoms with Crippen molar-refractivity contribution < 1.29 is 5.11 Å². The SMILES string of the molecule is N[C@H](CO)c1ccnc(N2CCCC2)c1. The van der Waals surface area contributed by atoms with Gasteiger partial charge in [-0.25, -0.2) is 4.98 Å². The first-order valence-electron chi connectivity index (χ1n) is 5.38. The fourth-order valence-corrected chi connectivity index (χ4v) is 1.89. The molecule has 15 heavy (non-hydrogen) atoms. The summed E-state index contributed by atoms with van der Waals surface area (Å²) in [4.78, 5) is 6.58. The Bertz CT molecular complexity index is 323. The van der Waals surface area contributed by atoms with Crippen LogP contribution >= 0.6 is 0 Å². The zero-order chi connectivity index (χ0) is 10.7. The molecule has 0 radical (unpaired) electrons. The van der Waals surface area contributed by atoms with Gasteiger partial charge in [0.05, 0.1) is 12.6 Å². The number of hydrogen-bond donors (Lipinski definition) is 2. The number of aliphatic hydroxyl groups is 1. The van der Waals surface area contributed by atoms with E-state index in [9.17, 15) is 0 Å². The van der Waals surface area contributed by atoms with Gasteiger partial charge in [-0.15, -0.1) is 0 Å². The highest BCUT2D eigenvalue weighted by molar-refractivity contribution is 5.42. The predicted molar refractivity (Wildman–Crippen MR) is 59.7 cm³/mol. The van der Waals surface area contributed by atoms with Gasteiger partial charge in [-0.1, -0.05) is 0 Å². The fraction of sp³-hybridized carbons (Fsp3) is 0.545. The van der Waals surface area contributed by atoms with E-state index in [0.717, 1.165) is 24.5 Å². The quantitative estimate of drug-likeness (QED) is 0.765. The summed E-state index contributed by atoms with van der Waals surface area (Å²) in [5, 5.41) is 8.99. The van der Waals surface area contributed by atoms with Crippen LogP contribution in [0.2, 0.25) is 0 Å². The first kappa shape index (κ1) is 10.4. The van der Waals surface area contributed by atoms with Crippen LogP contribution in [0.4, 0.5) is 5.82 Å². The Hall–Kier alpha value is -1.13. The molecule has 2 heterocycles. The topological polar surface area (TPSA) is 62.4 Å². The molecular weight excluding hydrogens is 190 g/mol. The molecule has 1 aliphatic heterocycles. The molecule has 82 valence electrons. The second-order valence-electron chi connectivity index (χ2n) is 3.93. The van der Waals surface area contributed by atoms with Gasteiger partial charge in [0.25, 0.3) is 0 Å². The monoisotopic (exact) mass is 207 g/mol. The van der Waals surface area contributed by atoms with Gasteiger partial charge in [0, 0.05) is 19.3 Å². The van der Waals surface area contributed by atoms with Gasteiger partial charge in [-0.2, -0.15) is 0 Å². The van der Waals surface area contributed by atoms with E-state index in [1.165, 1.54) is 12.8 Å². The summed E-state index contributed by atoms with van der Waals surface area (Å²) in [6.45, 7) is 2.12. The molecule has 2 rings (SSSR count). The van der Waals surface area contributed by atoms with Crippen molar-refractivity contribution in [3.8, 4) is 0 Å². The van der Waals surface area contributed by atoms with Gasteiger partial charge in [-0.05, 0) is 30.5 Å². The van der Waals surface area contributed by atoms with Gasteiger partial charge < -0.3 is 15.7 Å². The van der Waals surface area contributed by atoms with E-state index in [1.54, 1.807) is 6.20 Å². The van der Waals surface area contributed by atoms with Crippen LogP contribution in [0.5, 0.6) is 0 Å². The standard InChI is InChI=1S/C11H17N3O/c12-10(8-15)9-3-4-13-11(7-9)14-5-1-2-6-14/h3-4,7,10,15H,1-2,5-6,8,12H2/t10-/m1/s1. The highest BCUT2D eigenvalue weighted by Crippen LogP contribution is 2.20. The van der Waals surface area contributed by atoms with Crippen molar-refractivity contribution in [2.45, 2.75) is 18.9 Å². The molecule has 1 saturated heterocycles. The molecule has 4 nitrogen and oxygen atoms in total. The Labute approximate surface area is 89.7 Å². The van der Waals surface area contributed by atoms with Crippen molar-refractivity contribution in [1.29, 1.82) is 0 Å². The molecule has 1 aliphatic rings. The number of pyridine rings is 1. The Kier molecular flexibility index (Phi) is 3.18. The maximum atomic E-state index is 8.99. The third kappa shape index (κ3) is 2.27. The molecule has 0 spiro atoms. The summed E-state index contributed by atoms with van der Waals surface area (Å²) in [5.74, 6) is 0.980. The number of hydrogen-bond acceptors (Lipinski definition) is 4. The van der Waals surface area contributed by atoms with Crippen LogP contribution in [0.1, 0.15) is 24.4 Å². The Morgan fingerprint density at radius 3 is 2.87 bits per heavy atom. The van der Waals surface area contributed by atoms with E-state index in [-0.39, 0.29) is 12.6 Å². The molecule has 1 fully saturated rings. The molecule has 4 heteroatoms. The van der Waals surface area contributed by atoms with Crippen molar-refractivity contribution in [3.63, 3.8) is 0 Å². The van der Waals surface area contributed by atoms with Crippen LogP contribution < -0.4 is 10.6 Å². The minimum absolute atomic E-state index is 0.0244. The largest absolute Gasteiger partial charge is 0.394 e. The summed E-state index contributed by atoms with van der Waals surface area (Å²) in [7, 11) is 0. The number of aromatic nitrogens is 1. The van der Waals surface area contributed by atoms with Crippen molar-refractivity contribution >= 4 is 5.82 Å². The summed E-state index contributed by atoms with van der Waals surface area (Å²) in [5.41, 5.74) is 6.72. The molecule has 1 atom stereocenters. The van der Waals surface area contributed by atoms with Crippen molar-refractivity contribution in [2.75, 3.05) is 24.6 Å². The van der Waals surface area contributed by atoms with E-state index in [4.69, 9.17) is 10.8 Å². The molecule has 3 N–H and O–H groups in total. The van der Waals surface area contributed by atoms with Crippen LogP contribution in [-0.4, -0.2) is 29.8 Å². The lowest BCUT2D eigenvalue weighted by Crippen LogP contribution is -2.20. The lowest BCUT2D eigenvalue weighted by Gasteiger charge is -2.18. The predicted octanol–water partition coefficient (Wildman–Crippen LogP) is 0.674. The lowest BCUT2D eigenvalue weighted by atomic mass is 10.1. The second kappa shape index (κ2) is 4.59. The van der Waals surface area contributed by atoms with Crippen LogP contribution in [0.25, 0.3) is 0 Å². The molecule has 0 bridgehead atoms. The smallest absolute Gasteiger partial charge is 0.128 e. The van der Waals surface area contributed by atoms with Gasteiger partial charge >= 0.3 is 0 Å². The first-order valence-corrected chi connectivity index (χ1v) is 5.38. The van der Waals surface area contributed by atoms with E-state index < -0.39 is 0 Å². The minimum atomic E-state index is -0.297. The van der Waals surface area contributed by atoms with E-state index in [1.807, 2.05) is 12.1 Å². The first-order chi connectivity index (χ1) is 7.31. The second-order valence-corrected chi connectivity index (χ2v) is 3.93. The maximum Gasteiger partial charge on any atom is 0.128 e. The average Bonchev–Trinajstić information content (AvgIpc) is 2.82. The molecular formula is C11H17N3O. The van der Waals surface area contributed by atoms with E-state index >= 15 is 0 Å². The summed E-state index contributed by atoms with van der Waals surface area (Å²) in [6, 6.07) is 3.54. The number of rotatable bonds is 3. The van der Waals surface area contributed by atoms with Crippen molar-refractivity contribution in [3.05, 3.63) is 23.9 Å². The van der Waals surface area contributed by atoms with Crippen LogP contribution in [0.15, 0.2) is 18.3 Å². The summed E-state index contributed by atoms with van der Waals surface area (Å²) in [6.07, 6.45) is 4.23. The molecule has 0 aliphatic carbocycles. The number of nitrogens with zero attached hydrogens (tertiary/aromatic N) is 2. The highest BCUT2D eigenvalue weighted by Gasteiger charge is 2.14. The number of nitrogens with two attached hydrogens (primary N) is 1. The van der Waals surface area contributed by atoms with Gasteiger partial charge in [0.2, 0.25) is 0 Å². The summed E-state index contributed by atoms with van der Waals surface area (Å²) < 4.78 is 0. The zero-order valence-corrected chi connectivity index (χ0v) is 8.76. The zero-order valence-electron chi connectivity index (χ0n) is 8.76. The Morgan fingerprint density at radius 2 is 2.20 bits per heavy atom. The number of aliphatic hydroxyl groups excluding tert-OH is 1. The van der Waals surface area contributed by atoms with Gasteiger partial charge in [0.1, 0.15) is 5.82 Å². The molecule has 0 aromatic carbocycles. The van der Waals surface area contributed by atoms with Crippen LogP contribution in [0.3, 0.4) is 0 Å². The Balaban J connectivity index is 2.18. The third-order valence-electron chi connectivity index (χ3n) is 2.82. The molecule has 0 amide bonds. The molecule has 1 aromatic rings. The van der Waals surface area contributed by atoms with E-state index in [0.29, 0.717) is 0 Å². The maximum absolute atomic E-state index is 8.99. The van der Waals surface area contributed by atoms with Crippen molar-refractivity contribution in [2.24, 2.45) is 5.73 Å². The molecule has 0 saturated carbocycles. The van der Waals surface area contributed by atoms with Crippen LogP contribution in [0, 0.1) is 0 Å². The number of anilines is 1. The molecule has 0 unspecified atom stereocenters. The summed E-state index contributed by atoms with van der Waals surface area (Å²) >= 11 is 0. The van der Waals surface area contributed by atoms with E-state index in [2.05, 4.69) is 9.88 Å². The average molecular weight is 207 g/mol. The van der Waals surface area contributed by atoms with Gasteiger partial charge in [0.15, 0.2) is 0 Å². The minimum Gasteiger partial charge on any atom is -0.394 e. The van der Waals surface area contributed by atoms with Gasteiger partial charge in [-0.3, -0.25) is 0 Å². The van der Waals surface area contributed by atoms with Crippen molar-refractivity contribution in [1.82, 2.24) is 4.98 Å². The normalized spacial score (nSPS) is 18.1. The molecule has 1 aromatic heterocycles. The fourth-order valence-electron chi connectivity index (χ4n) is 1.89. The Morgan fingerprint density at radius 1 is 1.47 bits per heavy atom.